The summed E-state index contributed by atoms with van der Waals surface area (Å²) in [7, 11) is 0. The molecule has 0 bridgehead atoms. The second-order valence-corrected chi connectivity index (χ2v) is 5.77. The van der Waals surface area contributed by atoms with Crippen molar-refractivity contribution in [2.45, 2.75) is 13.0 Å². The van der Waals surface area contributed by atoms with Gasteiger partial charge in [-0.1, -0.05) is 23.7 Å². The number of carbonyl (C=O) groups is 2. The molecule has 0 radical (unpaired) electrons. The lowest BCUT2D eigenvalue weighted by atomic mass is 10.2. The minimum atomic E-state index is -0.529. The van der Waals surface area contributed by atoms with E-state index in [1.807, 2.05) is 12.1 Å². The Labute approximate surface area is 144 Å². The van der Waals surface area contributed by atoms with E-state index in [1.165, 1.54) is 6.08 Å². The van der Waals surface area contributed by atoms with Gasteiger partial charge in [-0.05, 0) is 48.9 Å². The Hall–Kier alpha value is -2.79. The van der Waals surface area contributed by atoms with E-state index < -0.39 is 6.10 Å². The van der Waals surface area contributed by atoms with E-state index in [0.29, 0.717) is 22.1 Å². The first kappa shape index (κ1) is 16.1. The molecule has 1 aliphatic heterocycles. The second kappa shape index (κ2) is 6.76. The highest BCUT2D eigenvalue weighted by molar-refractivity contribution is 6.30. The number of hydrogen-bond acceptors (Lipinski definition) is 3. The maximum atomic E-state index is 12.0. The molecule has 5 nitrogen and oxygen atoms in total. The van der Waals surface area contributed by atoms with E-state index in [0.717, 1.165) is 5.56 Å². The summed E-state index contributed by atoms with van der Waals surface area (Å²) in [5, 5.41) is 6.09. The predicted octanol–water partition coefficient (Wildman–Crippen LogP) is 3.71. The number of fused-ring (bicyclic) bond motifs is 1. The standard InChI is InChI=1S/C18H15ClN2O3/c1-11-18(23)21-15-10-14(6-7-16(15)24-11)20-17(22)8-5-12-3-2-4-13(19)9-12/h2-11H,1H3,(H,20,22)(H,21,23)/b8-5+/t11-/m0/s1. The second-order valence-electron chi connectivity index (χ2n) is 5.34. The number of carbonyl (C=O) groups excluding carboxylic acids is 2. The van der Waals surface area contributed by atoms with Gasteiger partial charge in [-0.25, -0.2) is 0 Å². The monoisotopic (exact) mass is 342 g/mol. The van der Waals surface area contributed by atoms with Crippen molar-refractivity contribution in [1.29, 1.82) is 0 Å². The van der Waals surface area contributed by atoms with Crippen LogP contribution in [0.3, 0.4) is 0 Å². The summed E-state index contributed by atoms with van der Waals surface area (Å²) in [6.45, 7) is 1.68. The molecule has 2 amide bonds. The van der Waals surface area contributed by atoms with Crippen LogP contribution in [0.25, 0.3) is 6.08 Å². The molecular weight excluding hydrogens is 328 g/mol. The summed E-state index contributed by atoms with van der Waals surface area (Å²) < 4.78 is 5.47. The highest BCUT2D eigenvalue weighted by Crippen LogP contribution is 2.32. The molecule has 0 saturated carbocycles. The van der Waals surface area contributed by atoms with Crippen molar-refractivity contribution >= 4 is 40.9 Å². The minimum Gasteiger partial charge on any atom is -0.479 e. The molecule has 2 aromatic rings. The maximum absolute atomic E-state index is 12.0. The predicted molar refractivity (Wildman–Crippen MR) is 94.3 cm³/mol. The van der Waals surface area contributed by atoms with Crippen LogP contribution in [0.15, 0.2) is 48.5 Å². The average molecular weight is 343 g/mol. The van der Waals surface area contributed by atoms with Gasteiger partial charge in [0, 0.05) is 16.8 Å². The van der Waals surface area contributed by atoms with Gasteiger partial charge in [-0.3, -0.25) is 9.59 Å². The fourth-order valence-electron chi connectivity index (χ4n) is 2.25. The first-order valence-corrected chi connectivity index (χ1v) is 7.75. The van der Waals surface area contributed by atoms with Crippen molar-refractivity contribution in [1.82, 2.24) is 0 Å². The molecule has 0 aromatic heterocycles. The van der Waals surface area contributed by atoms with Gasteiger partial charge in [0.15, 0.2) is 6.10 Å². The first-order valence-electron chi connectivity index (χ1n) is 7.37. The largest absolute Gasteiger partial charge is 0.479 e. The molecule has 0 spiro atoms. The third-order valence-electron chi connectivity index (χ3n) is 3.45. The van der Waals surface area contributed by atoms with Crippen LogP contribution in [0.4, 0.5) is 11.4 Å². The Balaban J connectivity index is 1.69. The number of rotatable bonds is 3. The first-order chi connectivity index (χ1) is 11.5. The summed E-state index contributed by atoms with van der Waals surface area (Å²) in [4.78, 5) is 23.6. The van der Waals surface area contributed by atoms with Gasteiger partial charge in [0.2, 0.25) is 5.91 Å². The van der Waals surface area contributed by atoms with Crippen molar-refractivity contribution in [3.63, 3.8) is 0 Å². The van der Waals surface area contributed by atoms with E-state index in [1.54, 1.807) is 43.3 Å². The van der Waals surface area contributed by atoms with E-state index >= 15 is 0 Å². The van der Waals surface area contributed by atoms with Gasteiger partial charge in [-0.15, -0.1) is 0 Å². The van der Waals surface area contributed by atoms with E-state index in [9.17, 15) is 9.59 Å². The lowest BCUT2D eigenvalue weighted by molar-refractivity contribution is -0.122. The summed E-state index contributed by atoms with van der Waals surface area (Å²) in [5.74, 6) is 0.0766. The Morgan fingerprint density at radius 1 is 1.29 bits per heavy atom. The Morgan fingerprint density at radius 3 is 2.92 bits per heavy atom. The molecule has 122 valence electrons. The number of nitrogens with one attached hydrogen (secondary N) is 2. The highest BCUT2D eigenvalue weighted by atomic mass is 35.5. The fraction of sp³-hybridized carbons (Fsp3) is 0.111. The van der Waals surface area contributed by atoms with Gasteiger partial charge in [0.1, 0.15) is 5.75 Å². The van der Waals surface area contributed by atoms with E-state index in [4.69, 9.17) is 16.3 Å². The zero-order valence-corrected chi connectivity index (χ0v) is 13.6. The van der Waals surface area contributed by atoms with Crippen LogP contribution in [-0.4, -0.2) is 17.9 Å². The number of hydrogen-bond donors (Lipinski definition) is 2. The SMILES string of the molecule is C[C@@H]1Oc2ccc(NC(=O)/C=C/c3cccc(Cl)c3)cc2NC1=O. The fourth-order valence-corrected chi connectivity index (χ4v) is 2.45. The lowest BCUT2D eigenvalue weighted by Crippen LogP contribution is -2.34. The topological polar surface area (TPSA) is 67.4 Å². The van der Waals surface area contributed by atoms with Crippen LogP contribution in [-0.2, 0) is 9.59 Å². The summed E-state index contributed by atoms with van der Waals surface area (Å²) in [6, 6.07) is 12.3. The van der Waals surface area contributed by atoms with Crippen LogP contribution in [0.2, 0.25) is 5.02 Å². The van der Waals surface area contributed by atoms with Crippen molar-refractivity contribution in [2.24, 2.45) is 0 Å². The summed E-state index contributed by atoms with van der Waals surface area (Å²) in [5.41, 5.74) is 1.93. The zero-order chi connectivity index (χ0) is 17.1. The minimum absolute atomic E-state index is 0.216. The van der Waals surface area contributed by atoms with Gasteiger partial charge in [-0.2, -0.15) is 0 Å². The number of ether oxygens (including phenoxy) is 1. The molecule has 2 aromatic carbocycles. The van der Waals surface area contributed by atoms with Gasteiger partial charge < -0.3 is 15.4 Å². The Kier molecular flexibility index (Phi) is 4.53. The lowest BCUT2D eigenvalue weighted by Gasteiger charge is -2.23. The third-order valence-corrected chi connectivity index (χ3v) is 3.69. The summed E-state index contributed by atoms with van der Waals surface area (Å²) in [6.07, 6.45) is 2.56. The zero-order valence-electron chi connectivity index (χ0n) is 12.9. The van der Waals surface area contributed by atoms with Crippen LogP contribution in [0.1, 0.15) is 12.5 Å². The van der Waals surface area contributed by atoms with Gasteiger partial charge >= 0.3 is 0 Å². The van der Waals surface area contributed by atoms with Crippen molar-refractivity contribution in [3.8, 4) is 5.75 Å². The van der Waals surface area contributed by atoms with Gasteiger partial charge in [0.05, 0.1) is 5.69 Å². The third kappa shape index (κ3) is 3.75. The molecule has 1 aliphatic rings. The Bertz CT molecular complexity index is 833. The number of halogens is 1. The highest BCUT2D eigenvalue weighted by Gasteiger charge is 2.23. The van der Waals surface area contributed by atoms with Crippen molar-refractivity contribution < 1.29 is 14.3 Å². The molecule has 24 heavy (non-hydrogen) atoms. The molecule has 0 fully saturated rings. The van der Waals surface area contributed by atoms with Gasteiger partial charge in [0.25, 0.3) is 5.91 Å². The van der Waals surface area contributed by atoms with Crippen LogP contribution < -0.4 is 15.4 Å². The summed E-state index contributed by atoms with van der Waals surface area (Å²) >= 11 is 5.90. The quantitative estimate of drug-likeness (QED) is 0.835. The Morgan fingerprint density at radius 2 is 2.12 bits per heavy atom. The average Bonchev–Trinajstić information content (AvgIpc) is 2.54. The van der Waals surface area contributed by atoms with Crippen LogP contribution in [0, 0.1) is 0 Å². The van der Waals surface area contributed by atoms with E-state index in [2.05, 4.69) is 10.6 Å². The molecule has 2 N–H and O–H groups in total. The molecule has 0 saturated heterocycles. The maximum Gasteiger partial charge on any atom is 0.265 e. The molecule has 0 unspecified atom stereocenters. The molecule has 3 rings (SSSR count). The molecule has 1 atom stereocenters. The van der Waals surface area contributed by atoms with Crippen molar-refractivity contribution in [3.05, 3.63) is 59.1 Å². The molecule has 1 heterocycles. The number of anilines is 2. The molecule has 0 aliphatic carbocycles. The van der Waals surface area contributed by atoms with Crippen molar-refractivity contribution in [2.75, 3.05) is 10.6 Å². The normalized spacial score (nSPS) is 16.2. The number of benzene rings is 2. The molecular formula is C18H15ClN2O3. The number of amides is 2. The van der Waals surface area contributed by atoms with Crippen LogP contribution >= 0.6 is 11.6 Å². The smallest absolute Gasteiger partial charge is 0.265 e. The van der Waals surface area contributed by atoms with E-state index in [-0.39, 0.29) is 11.8 Å². The molecule has 6 heteroatoms. The van der Waals surface area contributed by atoms with Crippen LogP contribution in [0.5, 0.6) is 5.75 Å².